The molecule has 0 saturated heterocycles. The van der Waals surface area contributed by atoms with E-state index in [0.717, 1.165) is 19.4 Å². The van der Waals surface area contributed by atoms with Gasteiger partial charge in [-0.2, -0.15) is 5.10 Å². The number of rotatable bonds is 2. The molecule has 3 heteroatoms. The van der Waals surface area contributed by atoms with Crippen molar-refractivity contribution in [2.45, 2.75) is 32.4 Å². The van der Waals surface area contributed by atoms with Crippen LogP contribution < -0.4 is 5.32 Å². The van der Waals surface area contributed by atoms with Gasteiger partial charge in [-0.3, -0.25) is 4.68 Å². The van der Waals surface area contributed by atoms with E-state index in [4.69, 9.17) is 0 Å². The Hall–Kier alpha value is -1.77. The number of nitrogens with zero attached hydrogens (tertiary/aromatic N) is 2. The summed E-state index contributed by atoms with van der Waals surface area (Å²) in [6.45, 7) is 3.06. The Balaban J connectivity index is 1.89. The summed E-state index contributed by atoms with van der Waals surface area (Å²) >= 11 is 0. The van der Waals surface area contributed by atoms with E-state index in [1.54, 1.807) is 0 Å². The van der Waals surface area contributed by atoms with Gasteiger partial charge in [0, 0.05) is 18.4 Å². The molecule has 3 rings (SSSR count). The summed E-state index contributed by atoms with van der Waals surface area (Å²) < 4.78 is 2.08. The molecule has 0 saturated carbocycles. The van der Waals surface area contributed by atoms with Gasteiger partial charge in [0.25, 0.3) is 0 Å². The number of hydrogen-bond acceptors (Lipinski definition) is 2. The Morgan fingerprint density at radius 3 is 3.12 bits per heavy atom. The first-order chi connectivity index (χ1) is 8.38. The summed E-state index contributed by atoms with van der Waals surface area (Å²) in [5, 5.41) is 7.96. The van der Waals surface area contributed by atoms with Gasteiger partial charge in [-0.25, -0.2) is 0 Å². The quantitative estimate of drug-likeness (QED) is 0.854. The lowest BCUT2D eigenvalue weighted by Gasteiger charge is -2.27. The van der Waals surface area contributed by atoms with Gasteiger partial charge in [-0.1, -0.05) is 18.2 Å². The van der Waals surface area contributed by atoms with Crippen molar-refractivity contribution in [3.05, 3.63) is 47.8 Å². The number of para-hydroxylation sites is 1. The Labute approximate surface area is 101 Å². The first kappa shape index (κ1) is 10.4. The highest BCUT2D eigenvalue weighted by Crippen LogP contribution is 2.32. The van der Waals surface area contributed by atoms with E-state index in [1.807, 2.05) is 6.20 Å². The third kappa shape index (κ3) is 1.82. The summed E-state index contributed by atoms with van der Waals surface area (Å²) in [7, 11) is 0. The maximum absolute atomic E-state index is 4.34. The molecule has 1 aromatic carbocycles. The smallest absolute Gasteiger partial charge is 0.0685 e. The van der Waals surface area contributed by atoms with Crippen LogP contribution in [0.15, 0.2) is 36.5 Å². The van der Waals surface area contributed by atoms with E-state index >= 15 is 0 Å². The van der Waals surface area contributed by atoms with Crippen molar-refractivity contribution < 1.29 is 0 Å². The molecule has 0 bridgehead atoms. The van der Waals surface area contributed by atoms with Gasteiger partial charge in [0.2, 0.25) is 0 Å². The molecule has 1 atom stereocenters. The maximum atomic E-state index is 4.34. The van der Waals surface area contributed by atoms with Crippen molar-refractivity contribution in [3.8, 4) is 0 Å². The Morgan fingerprint density at radius 1 is 1.35 bits per heavy atom. The molecule has 0 spiro atoms. The molecule has 0 fully saturated rings. The number of nitrogens with one attached hydrogen (secondary N) is 1. The number of aromatic nitrogens is 2. The van der Waals surface area contributed by atoms with Gasteiger partial charge in [0.15, 0.2) is 0 Å². The summed E-state index contributed by atoms with van der Waals surface area (Å²) in [5.74, 6) is 0. The molecular formula is C14H17N3. The van der Waals surface area contributed by atoms with Crippen LogP contribution in [0, 0.1) is 0 Å². The molecule has 1 aliphatic rings. The number of fused-ring (bicyclic) bond motifs is 1. The van der Waals surface area contributed by atoms with E-state index in [0.29, 0.717) is 6.04 Å². The normalized spacial score (nSPS) is 18.5. The minimum atomic E-state index is 0.396. The second-order valence-corrected chi connectivity index (χ2v) is 4.46. The maximum Gasteiger partial charge on any atom is 0.0685 e. The van der Waals surface area contributed by atoms with E-state index in [-0.39, 0.29) is 0 Å². The number of anilines is 1. The average molecular weight is 227 g/mol. The van der Waals surface area contributed by atoms with Crippen LogP contribution in [0.4, 0.5) is 5.69 Å². The average Bonchev–Trinajstić information content (AvgIpc) is 2.86. The fourth-order valence-corrected chi connectivity index (χ4v) is 2.56. The predicted octanol–water partition coefficient (Wildman–Crippen LogP) is 3.00. The van der Waals surface area contributed by atoms with Crippen molar-refractivity contribution in [2.75, 3.05) is 5.32 Å². The molecule has 0 radical (unpaired) electrons. The molecule has 3 nitrogen and oxygen atoms in total. The minimum Gasteiger partial charge on any atom is -0.376 e. The second kappa shape index (κ2) is 4.24. The first-order valence-electron chi connectivity index (χ1n) is 6.24. The van der Waals surface area contributed by atoms with Crippen LogP contribution in [0.1, 0.15) is 30.6 Å². The standard InChI is InChI=1S/C14H17N3/c1-2-17-14(9-10-15-17)13-8-7-11-5-3-4-6-12(11)16-13/h3-6,9-10,13,16H,2,7-8H2,1H3. The zero-order valence-electron chi connectivity index (χ0n) is 10.1. The summed E-state index contributed by atoms with van der Waals surface area (Å²) in [6.07, 6.45) is 4.17. The van der Waals surface area contributed by atoms with E-state index in [1.165, 1.54) is 16.9 Å². The highest BCUT2D eigenvalue weighted by atomic mass is 15.3. The second-order valence-electron chi connectivity index (χ2n) is 4.46. The third-order valence-corrected chi connectivity index (χ3v) is 3.46. The first-order valence-corrected chi connectivity index (χ1v) is 6.24. The summed E-state index contributed by atoms with van der Waals surface area (Å²) in [6, 6.07) is 11.1. The molecule has 1 aromatic heterocycles. The molecule has 1 unspecified atom stereocenters. The zero-order valence-corrected chi connectivity index (χ0v) is 10.1. The molecule has 0 amide bonds. The highest BCUT2D eigenvalue weighted by Gasteiger charge is 2.21. The Bertz CT molecular complexity index is 516. The lowest BCUT2D eigenvalue weighted by Crippen LogP contribution is -2.21. The number of hydrogen-bond donors (Lipinski definition) is 1. The monoisotopic (exact) mass is 227 g/mol. The van der Waals surface area contributed by atoms with Crippen molar-refractivity contribution in [3.63, 3.8) is 0 Å². The molecule has 1 aliphatic heterocycles. The predicted molar refractivity (Wildman–Crippen MR) is 69.0 cm³/mol. The molecular weight excluding hydrogens is 210 g/mol. The van der Waals surface area contributed by atoms with Crippen LogP contribution in [0.3, 0.4) is 0 Å². The minimum absolute atomic E-state index is 0.396. The van der Waals surface area contributed by atoms with Gasteiger partial charge >= 0.3 is 0 Å². The van der Waals surface area contributed by atoms with Crippen molar-refractivity contribution in [1.82, 2.24) is 9.78 Å². The molecule has 1 N–H and O–H groups in total. The van der Waals surface area contributed by atoms with Crippen molar-refractivity contribution >= 4 is 5.69 Å². The summed E-state index contributed by atoms with van der Waals surface area (Å²) in [5.41, 5.74) is 3.99. The van der Waals surface area contributed by atoms with Crippen LogP contribution >= 0.6 is 0 Å². The van der Waals surface area contributed by atoms with E-state index < -0.39 is 0 Å². The topological polar surface area (TPSA) is 29.9 Å². The van der Waals surface area contributed by atoms with Gasteiger partial charge in [-0.15, -0.1) is 0 Å². The van der Waals surface area contributed by atoms with E-state index in [9.17, 15) is 0 Å². The lowest BCUT2D eigenvalue weighted by atomic mass is 9.96. The van der Waals surface area contributed by atoms with Gasteiger partial charge < -0.3 is 5.32 Å². The van der Waals surface area contributed by atoms with Crippen LogP contribution in [0.5, 0.6) is 0 Å². The number of aryl methyl sites for hydroxylation is 2. The summed E-state index contributed by atoms with van der Waals surface area (Å²) in [4.78, 5) is 0. The lowest BCUT2D eigenvalue weighted by molar-refractivity contribution is 0.558. The fourth-order valence-electron chi connectivity index (χ4n) is 2.56. The Morgan fingerprint density at radius 2 is 2.24 bits per heavy atom. The largest absolute Gasteiger partial charge is 0.376 e. The van der Waals surface area contributed by atoms with Crippen molar-refractivity contribution in [2.24, 2.45) is 0 Å². The van der Waals surface area contributed by atoms with Gasteiger partial charge in [0.05, 0.1) is 11.7 Å². The highest BCUT2D eigenvalue weighted by molar-refractivity contribution is 5.54. The van der Waals surface area contributed by atoms with E-state index in [2.05, 4.69) is 52.4 Å². The van der Waals surface area contributed by atoms with Crippen LogP contribution in [-0.2, 0) is 13.0 Å². The van der Waals surface area contributed by atoms with Gasteiger partial charge in [0.1, 0.15) is 0 Å². The molecule has 17 heavy (non-hydrogen) atoms. The fraction of sp³-hybridized carbons (Fsp3) is 0.357. The third-order valence-electron chi connectivity index (χ3n) is 3.46. The molecule has 0 aliphatic carbocycles. The Kier molecular flexibility index (Phi) is 2.59. The zero-order chi connectivity index (χ0) is 11.7. The van der Waals surface area contributed by atoms with Crippen LogP contribution in [0.25, 0.3) is 0 Å². The molecule has 2 aromatic rings. The van der Waals surface area contributed by atoms with Crippen molar-refractivity contribution in [1.29, 1.82) is 0 Å². The SMILES string of the molecule is CCn1nccc1C1CCc2ccccc2N1. The molecule has 88 valence electrons. The van der Waals surface area contributed by atoms with Crippen LogP contribution in [0.2, 0.25) is 0 Å². The van der Waals surface area contributed by atoms with Crippen LogP contribution in [-0.4, -0.2) is 9.78 Å². The number of benzene rings is 1. The van der Waals surface area contributed by atoms with Gasteiger partial charge in [-0.05, 0) is 37.5 Å². The molecule has 2 heterocycles.